The van der Waals surface area contributed by atoms with Gasteiger partial charge in [0.2, 0.25) is 0 Å². The molecule has 2 N–H and O–H groups in total. The van der Waals surface area contributed by atoms with Gasteiger partial charge in [0.25, 0.3) is 11.5 Å². The molecule has 0 saturated heterocycles. The van der Waals surface area contributed by atoms with Gasteiger partial charge in [-0.05, 0) is 85.1 Å². The van der Waals surface area contributed by atoms with E-state index in [-0.39, 0.29) is 11.1 Å². The lowest BCUT2D eigenvalue weighted by atomic mass is 10.0. The molecular weight excluding hydrogens is 472 g/mol. The van der Waals surface area contributed by atoms with E-state index in [1.807, 2.05) is 32.0 Å². The summed E-state index contributed by atoms with van der Waals surface area (Å²) >= 11 is 0. The van der Waals surface area contributed by atoms with Gasteiger partial charge in [-0.15, -0.1) is 0 Å². The van der Waals surface area contributed by atoms with Crippen LogP contribution in [0.15, 0.2) is 95.8 Å². The van der Waals surface area contributed by atoms with Crippen LogP contribution in [-0.2, 0) is 0 Å². The summed E-state index contributed by atoms with van der Waals surface area (Å²) in [5.74, 6) is -1.27. The van der Waals surface area contributed by atoms with Gasteiger partial charge in [-0.1, -0.05) is 36.4 Å². The van der Waals surface area contributed by atoms with Crippen LogP contribution in [0.3, 0.4) is 0 Å². The number of hydrogen-bond acceptors (Lipinski definition) is 2. The Morgan fingerprint density at radius 3 is 2.27 bits per heavy atom. The standard InChI is InChI=1S/C30H23F2N3O2/c1-18-7-8-19(2)26(17-18)35-30(37)27(28(34-35)24-5-3-4-6-25(24)32)20-11-15-23(16-12-20)33-29(36)21-9-13-22(31)14-10-21/h3-17,34H,1-2H3,(H,33,36). The van der Waals surface area contributed by atoms with Crippen LogP contribution in [-0.4, -0.2) is 15.7 Å². The number of carbonyl (C=O) groups excluding carboxylic acids is 1. The number of aryl methyl sites for hydroxylation is 2. The van der Waals surface area contributed by atoms with E-state index in [0.29, 0.717) is 33.8 Å². The predicted octanol–water partition coefficient (Wildman–Crippen LogP) is 6.65. The first-order chi connectivity index (χ1) is 17.8. The minimum absolute atomic E-state index is 0.271. The van der Waals surface area contributed by atoms with E-state index in [9.17, 15) is 18.4 Å². The Morgan fingerprint density at radius 2 is 1.57 bits per heavy atom. The number of H-pyrrole nitrogens is 1. The zero-order chi connectivity index (χ0) is 26.1. The number of anilines is 1. The maximum atomic E-state index is 14.8. The molecule has 5 nitrogen and oxygen atoms in total. The highest BCUT2D eigenvalue weighted by molar-refractivity contribution is 6.04. The lowest BCUT2D eigenvalue weighted by Gasteiger charge is -2.08. The Balaban J connectivity index is 1.57. The molecular formula is C30H23F2N3O2. The molecule has 4 aromatic carbocycles. The van der Waals surface area contributed by atoms with Gasteiger partial charge >= 0.3 is 0 Å². The van der Waals surface area contributed by atoms with Crippen molar-refractivity contribution in [1.82, 2.24) is 9.78 Å². The van der Waals surface area contributed by atoms with Crippen LogP contribution in [0.5, 0.6) is 0 Å². The zero-order valence-corrected chi connectivity index (χ0v) is 20.2. The SMILES string of the molecule is Cc1ccc(C)c(-n2[nH]c(-c3ccccc3F)c(-c3ccc(NC(=O)c4ccc(F)cc4)cc3)c2=O)c1. The molecule has 0 aliphatic heterocycles. The highest BCUT2D eigenvalue weighted by Crippen LogP contribution is 2.31. The largest absolute Gasteiger partial charge is 0.322 e. The summed E-state index contributed by atoms with van der Waals surface area (Å²) < 4.78 is 29.4. The minimum Gasteiger partial charge on any atom is -0.322 e. The summed E-state index contributed by atoms with van der Waals surface area (Å²) in [6.45, 7) is 3.84. The molecule has 0 aliphatic rings. The molecule has 7 heteroatoms. The second-order valence-corrected chi connectivity index (χ2v) is 8.81. The third kappa shape index (κ3) is 4.71. The van der Waals surface area contributed by atoms with E-state index >= 15 is 0 Å². The molecule has 0 unspecified atom stereocenters. The number of aromatic nitrogens is 2. The van der Waals surface area contributed by atoms with Crippen molar-refractivity contribution in [2.45, 2.75) is 13.8 Å². The topological polar surface area (TPSA) is 66.9 Å². The molecule has 0 atom stereocenters. The van der Waals surface area contributed by atoms with Crippen LogP contribution in [0, 0.1) is 25.5 Å². The quantitative estimate of drug-likeness (QED) is 0.287. The highest BCUT2D eigenvalue weighted by atomic mass is 19.1. The fraction of sp³-hybridized carbons (Fsp3) is 0.0667. The fourth-order valence-corrected chi connectivity index (χ4v) is 4.22. The smallest absolute Gasteiger partial charge is 0.279 e. The van der Waals surface area contributed by atoms with Crippen LogP contribution in [0.25, 0.3) is 28.1 Å². The van der Waals surface area contributed by atoms with Crippen molar-refractivity contribution in [3.63, 3.8) is 0 Å². The van der Waals surface area contributed by atoms with Crippen LogP contribution in [0.4, 0.5) is 14.5 Å². The highest BCUT2D eigenvalue weighted by Gasteiger charge is 2.21. The van der Waals surface area contributed by atoms with E-state index in [1.54, 1.807) is 42.5 Å². The maximum absolute atomic E-state index is 14.8. The summed E-state index contributed by atoms with van der Waals surface area (Å²) in [4.78, 5) is 26.2. The van der Waals surface area contributed by atoms with Gasteiger partial charge in [0.15, 0.2) is 0 Å². The van der Waals surface area contributed by atoms with Crippen LogP contribution in [0.2, 0.25) is 0 Å². The molecule has 1 aromatic heterocycles. The summed E-state index contributed by atoms with van der Waals surface area (Å²) in [6, 6.07) is 24.0. The Morgan fingerprint density at radius 1 is 0.865 bits per heavy atom. The summed E-state index contributed by atoms with van der Waals surface area (Å²) in [7, 11) is 0. The third-order valence-electron chi connectivity index (χ3n) is 6.18. The lowest BCUT2D eigenvalue weighted by molar-refractivity contribution is 0.102. The summed E-state index contributed by atoms with van der Waals surface area (Å²) in [6.07, 6.45) is 0. The summed E-state index contributed by atoms with van der Waals surface area (Å²) in [5.41, 5.74) is 4.53. The monoisotopic (exact) mass is 495 g/mol. The zero-order valence-electron chi connectivity index (χ0n) is 20.2. The second-order valence-electron chi connectivity index (χ2n) is 8.81. The van der Waals surface area contributed by atoms with E-state index in [1.165, 1.54) is 35.0 Å². The maximum Gasteiger partial charge on any atom is 0.279 e. The van der Waals surface area contributed by atoms with Crippen molar-refractivity contribution in [3.05, 3.63) is 130 Å². The van der Waals surface area contributed by atoms with Gasteiger partial charge in [0.1, 0.15) is 11.6 Å². The molecule has 0 bridgehead atoms. The average Bonchev–Trinajstić information content (AvgIpc) is 3.23. The van der Waals surface area contributed by atoms with Crippen LogP contribution >= 0.6 is 0 Å². The number of benzene rings is 4. The Bertz CT molecular complexity index is 1670. The lowest BCUT2D eigenvalue weighted by Crippen LogP contribution is -2.17. The van der Waals surface area contributed by atoms with Crippen molar-refractivity contribution in [2.75, 3.05) is 5.32 Å². The third-order valence-corrected chi connectivity index (χ3v) is 6.18. The second kappa shape index (κ2) is 9.70. The van der Waals surface area contributed by atoms with Crippen molar-refractivity contribution >= 4 is 11.6 Å². The normalized spacial score (nSPS) is 10.9. The average molecular weight is 496 g/mol. The predicted molar refractivity (Wildman–Crippen MR) is 141 cm³/mol. The Labute approximate surface area is 212 Å². The van der Waals surface area contributed by atoms with Gasteiger partial charge in [-0.2, -0.15) is 0 Å². The first-order valence-electron chi connectivity index (χ1n) is 11.7. The number of rotatable bonds is 5. The molecule has 0 aliphatic carbocycles. The molecule has 5 aromatic rings. The van der Waals surface area contributed by atoms with Crippen molar-refractivity contribution < 1.29 is 13.6 Å². The van der Waals surface area contributed by atoms with Gasteiger partial charge < -0.3 is 5.32 Å². The fourth-order valence-electron chi connectivity index (χ4n) is 4.22. The first-order valence-corrected chi connectivity index (χ1v) is 11.7. The number of amides is 1. The molecule has 37 heavy (non-hydrogen) atoms. The van der Waals surface area contributed by atoms with Gasteiger partial charge in [-0.3, -0.25) is 14.7 Å². The van der Waals surface area contributed by atoms with Crippen molar-refractivity contribution in [1.29, 1.82) is 0 Å². The number of nitrogens with zero attached hydrogens (tertiary/aromatic N) is 1. The van der Waals surface area contributed by atoms with E-state index in [4.69, 9.17) is 0 Å². The molecule has 0 spiro atoms. The van der Waals surface area contributed by atoms with Gasteiger partial charge in [0.05, 0.1) is 16.9 Å². The Hall–Kier alpha value is -4.78. The van der Waals surface area contributed by atoms with Gasteiger partial charge in [0, 0.05) is 16.8 Å². The molecule has 184 valence electrons. The van der Waals surface area contributed by atoms with Gasteiger partial charge in [-0.25, -0.2) is 13.5 Å². The molecule has 5 rings (SSSR count). The number of carbonyl (C=O) groups is 1. The molecule has 0 radical (unpaired) electrons. The molecule has 1 amide bonds. The van der Waals surface area contributed by atoms with Crippen LogP contribution < -0.4 is 10.9 Å². The molecule has 0 fully saturated rings. The van der Waals surface area contributed by atoms with Crippen molar-refractivity contribution in [3.8, 4) is 28.1 Å². The van der Waals surface area contributed by atoms with E-state index < -0.39 is 17.5 Å². The number of halogens is 2. The van der Waals surface area contributed by atoms with E-state index in [0.717, 1.165) is 11.1 Å². The number of hydrogen-bond donors (Lipinski definition) is 2. The molecule has 0 saturated carbocycles. The van der Waals surface area contributed by atoms with E-state index in [2.05, 4.69) is 10.4 Å². The van der Waals surface area contributed by atoms with Crippen molar-refractivity contribution in [2.24, 2.45) is 0 Å². The number of aromatic amines is 1. The number of nitrogens with one attached hydrogen (secondary N) is 2. The Kier molecular flexibility index (Phi) is 6.27. The summed E-state index contributed by atoms with van der Waals surface area (Å²) in [5, 5.41) is 5.89. The first kappa shape index (κ1) is 23.9. The minimum atomic E-state index is -0.457. The molecule has 1 heterocycles. The van der Waals surface area contributed by atoms with Crippen LogP contribution in [0.1, 0.15) is 21.5 Å².